The fourth-order valence-corrected chi connectivity index (χ4v) is 4.23. The van der Waals surface area contributed by atoms with Crippen LogP contribution < -0.4 is 9.64 Å². The van der Waals surface area contributed by atoms with E-state index in [0.29, 0.717) is 41.5 Å². The van der Waals surface area contributed by atoms with E-state index < -0.39 is 0 Å². The Morgan fingerprint density at radius 2 is 1.67 bits per heavy atom. The lowest BCUT2D eigenvalue weighted by Gasteiger charge is -2.31. The molecule has 0 bridgehead atoms. The highest BCUT2D eigenvalue weighted by Crippen LogP contribution is 2.32. The van der Waals surface area contributed by atoms with Gasteiger partial charge in [-0.3, -0.25) is 0 Å². The number of ether oxygens (including phenoxy) is 1. The van der Waals surface area contributed by atoms with Crippen molar-refractivity contribution in [3.05, 3.63) is 89.8 Å². The van der Waals surface area contributed by atoms with Crippen molar-refractivity contribution < 1.29 is 13.6 Å². The maximum atomic E-state index is 9.62. The van der Waals surface area contributed by atoms with Crippen molar-refractivity contribution in [2.45, 2.75) is 25.9 Å². The van der Waals surface area contributed by atoms with Crippen molar-refractivity contribution in [3.8, 4) is 23.5 Å². The minimum Gasteiger partial charge on any atom is -0.486 e. The molecule has 6 nitrogen and oxygen atoms in total. The maximum absolute atomic E-state index is 9.62. The van der Waals surface area contributed by atoms with Crippen LogP contribution >= 0.6 is 0 Å². The molecule has 2 aromatic heterocycles. The molecule has 0 atom stereocenters. The van der Waals surface area contributed by atoms with Crippen LogP contribution in [-0.2, 0) is 13.0 Å². The summed E-state index contributed by atoms with van der Waals surface area (Å²) in [6, 6.07) is 26.0. The normalized spacial score (nSPS) is 14.2. The summed E-state index contributed by atoms with van der Waals surface area (Å²) in [6.07, 6.45) is 3.19. The summed E-state index contributed by atoms with van der Waals surface area (Å²) >= 11 is 0. The molecule has 0 N–H and O–H groups in total. The minimum absolute atomic E-state index is 0.296. The van der Waals surface area contributed by atoms with Gasteiger partial charge in [-0.25, -0.2) is 0 Å². The summed E-state index contributed by atoms with van der Waals surface area (Å²) in [4.78, 5) is 6.51. The smallest absolute Gasteiger partial charge is 0.266 e. The fraction of sp³-hybridized carbons (Fsp3) is 0.259. The summed E-state index contributed by atoms with van der Waals surface area (Å²) in [6.45, 7) is 1.99. The van der Waals surface area contributed by atoms with Crippen LogP contribution in [0.2, 0.25) is 0 Å². The summed E-state index contributed by atoms with van der Waals surface area (Å²) in [5.74, 6) is 3.41. The Morgan fingerprint density at radius 1 is 0.939 bits per heavy atom. The molecule has 1 aliphatic heterocycles. The van der Waals surface area contributed by atoms with Crippen LogP contribution in [0.25, 0.3) is 11.7 Å². The Kier molecular flexibility index (Phi) is 6.12. The van der Waals surface area contributed by atoms with Gasteiger partial charge in [0.1, 0.15) is 24.2 Å². The van der Waals surface area contributed by atoms with E-state index in [4.69, 9.17) is 13.6 Å². The fourth-order valence-electron chi connectivity index (χ4n) is 4.23. The number of nitrogens with zero attached hydrogens (tertiary/aromatic N) is 3. The standard InChI is InChI=1S/C27H25N3O3/c28-18-24-27(30-15-13-21(14-16-30)17-20-7-3-1-4-8-20)33-26(29-24)25-12-11-23(32-25)19-31-22-9-5-2-6-10-22/h1-12,21H,13-17,19H2. The van der Waals surface area contributed by atoms with Crippen molar-refractivity contribution in [2.24, 2.45) is 5.92 Å². The van der Waals surface area contributed by atoms with Crippen LogP contribution in [0.3, 0.4) is 0 Å². The number of anilines is 1. The lowest BCUT2D eigenvalue weighted by atomic mass is 9.90. The number of rotatable bonds is 7. The third-order valence-corrected chi connectivity index (χ3v) is 5.98. The van der Waals surface area contributed by atoms with Gasteiger partial charge in [0.2, 0.25) is 11.6 Å². The largest absolute Gasteiger partial charge is 0.486 e. The van der Waals surface area contributed by atoms with Crippen LogP contribution in [-0.4, -0.2) is 18.1 Å². The summed E-state index contributed by atoms with van der Waals surface area (Å²) < 4.78 is 17.6. The van der Waals surface area contributed by atoms with Crippen molar-refractivity contribution in [1.82, 2.24) is 4.98 Å². The molecule has 5 rings (SSSR count). The number of piperidine rings is 1. The SMILES string of the molecule is N#Cc1nc(-c2ccc(COc3ccccc3)o2)oc1N1CCC(Cc2ccccc2)CC1. The zero-order chi connectivity index (χ0) is 22.5. The lowest BCUT2D eigenvalue weighted by molar-refractivity contribution is 0.271. The van der Waals surface area contributed by atoms with Gasteiger partial charge in [0.15, 0.2) is 5.76 Å². The number of benzene rings is 2. The number of para-hydroxylation sites is 1. The van der Waals surface area contributed by atoms with Crippen LogP contribution in [0.15, 0.2) is 81.6 Å². The average Bonchev–Trinajstić information content (AvgIpc) is 3.52. The third kappa shape index (κ3) is 4.93. The molecule has 1 aliphatic rings. The van der Waals surface area contributed by atoms with Crippen LogP contribution in [0, 0.1) is 17.2 Å². The molecule has 1 fully saturated rings. The number of nitriles is 1. The zero-order valence-corrected chi connectivity index (χ0v) is 18.3. The molecule has 1 saturated heterocycles. The van der Waals surface area contributed by atoms with E-state index in [1.807, 2.05) is 36.4 Å². The Labute approximate surface area is 193 Å². The van der Waals surface area contributed by atoms with Crippen molar-refractivity contribution in [1.29, 1.82) is 5.26 Å². The average molecular weight is 440 g/mol. The summed E-state index contributed by atoms with van der Waals surface area (Å²) in [5.41, 5.74) is 1.67. The van der Waals surface area contributed by atoms with Crippen LogP contribution in [0.5, 0.6) is 5.75 Å². The lowest BCUT2D eigenvalue weighted by Crippen LogP contribution is -2.34. The first kappa shape index (κ1) is 20.9. The molecule has 2 aromatic carbocycles. The highest BCUT2D eigenvalue weighted by Gasteiger charge is 2.26. The van der Waals surface area contributed by atoms with Gasteiger partial charge >= 0.3 is 0 Å². The Morgan fingerprint density at radius 3 is 2.39 bits per heavy atom. The quantitative estimate of drug-likeness (QED) is 0.360. The second-order valence-electron chi connectivity index (χ2n) is 8.27. The Hall–Kier alpha value is -3.98. The number of furan rings is 1. The number of oxazole rings is 1. The highest BCUT2D eigenvalue weighted by molar-refractivity contribution is 5.56. The molecule has 0 radical (unpaired) electrons. The number of hydrogen-bond acceptors (Lipinski definition) is 6. The second-order valence-corrected chi connectivity index (χ2v) is 8.27. The Balaban J connectivity index is 1.23. The predicted octanol–water partition coefficient (Wildman–Crippen LogP) is 5.84. The molecule has 0 amide bonds. The van der Waals surface area contributed by atoms with Gasteiger partial charge in [-0.15, -0.1) is 0 Å². The van der Waals surface area contributed by atoms with E-state index in [-0.39, 0.29) is 0 Å². The van der Waals surface area contributed by atoms with E-state index >= 15 is 0 Å². The molecular weight excluding hydrogens is 414 g/mol. The maximum Gasteiger partial charge on any atom is 0.266 e. The molecule has 3 heterocycles. The van der Waals surface area contributed by atoms with Gasteiger partial charge in [0, 0.05) is 13.1 Å². The van der Waals surface area contributed by atoms with Gasteiger partial charge in [0.25, 0.3) is 5.89 Å². The van der Waals surface area contributed by atoms with Crippen LogP contribution in [0.4, 0.5) is 5.88 Å². The predicted molar refractivity (Wildman–Crippen MR) is 125 cm³/mol. The van der Waals surface area contributed by atoms with Crippen molar-refractivity contribution in [3.63, 3.8) is 0 Å². The van der Waals surface area contributed by atoms with Gasteiger partial charge in [-0.2, -0.15) is 10.2 Å². The van der Waals surface area contributed by atoms with E-state index in [9.17, 15) is 5.26 Å². The first-order valence-corrected chi connectivity index (χ1v) is 11.3. The van der Waals surface area contributed by atoms with Gasteiger partial charge in [-0.1, -0.05) is 48.5 Å². The molecule has 4 aromatic rings. The first-order valence-electron chi connectivity index (χ1n) is 11.3. The van der Waals surface area contributed by atoms with E-state index in [1.165, 1.54) is 5.56 Å². The van der Waals surface area contributed by atoms with E-state index in [1.54, 1.807) is 6.07 Å². The molecule has 0 unspecified atom stereocenters. The van der Waals surface area contributed by atoms with E-state index in [2.05, 4.69) is 46.3 Å². The van der Waals surface area contributed by atoms with Crippen LogP contribution in [0.1, 0.15) is 29.9 Å². The minimum atomic E-state index is 0.296. The third-order valence-electron chi connectivity index (χ3n) is 5.98. The topological polar surface area (TPSA) is 75.4 Å². The summed E-state index contributed by atoms with van der Waals surface area (Å²) in [5, 5.41) is 9.62. The zero-order valence-electron chi connectivity index (χ0n) is 18.3. The highest BCUT2D eigenvalue weighted by atomic mass is 16.5. The number of hydrogen-bond donors (Lipinski definition) is 0. The molecule has 6 heteroatoms. The van der Waals surface area contributed by atoms with Gasteiger partial charge < -0.3 is 18.5 Å². The van der Waals surface area contributed by atoms with Gasteiger partial charge in [0.05, 0.1) is 0 Å². The first-order chi connectivity index (χ1) is 16.3. The monoisotopic (exact) mass is 439 g/mol. The number of aromatic nitrogens is 1. The molecule has 0 saturated carbocycles. The second kappa shape index (κ2) is 9.66. The molecular formula is C27H25N3O3. The molecule has 33 heavy (non-hydrogen) atoms. The summed E-state index contributed by atoms with van der Waals surface area (Å²) in [7, 11) is 0. The van der Waals surface area contributed by atoms with Crippen molar-refractivity contribution >= 4 is 5.88 Å². The molecule has 0 aliphatic carbocycles. The molecule has 166 valence electrons. The van der Waals surface area contributed by atoms with E-state index in [0.717, 1.165) is 38.1 Å². The Bertz CT molecular complexity index is 1220. The van der Waals surface area contributed by atoms with Crippen molar-refractivity contribution in [2.75, 3.05) is 18.0 Å². The molecule has 0 spiro atoms. The van der Waals surface area contributed by atoms with Gasteiger partial charge in [-0.05, 0) is 55.0 Å².